The summed E-state index contributed by atoms with van der Waals surface area (Å²) in [6.45, 7) is 1.93. The van der Waals surface area contributed by atoms with Gasteiger partial charge < -0.3 is 0 Å². The molecular weight excluding hydrogens is 120 g/mol. The Kier molecular flexibility index (Phi) is 2.46. The largest absolute Gasteiger partial charge is 0.160 e. The third-order valence-corrected chi connectivity index (χ3v) is 1.13. The molecule has 0 atom stereocenters. The van der Waals surface area contributed by atoms with E-state index in [9.17, 15) is 0 Å². The van der Waals surface area contributed by atoms with Gasteiger partial charge in [0, 0.05) is 6.92 Å². The van der Waals surface area contributed by atoms with E-state index in [2.05, 4.69) is 11.8 Å². The molecule has 10 heavy (non-hydrogen) atoms. The van der Waals surface area contributed by atoms with Crippen LogP contribution in [0.25, 0.3) is 0 Å². The predicted molar refractivity (Wildman–Crippen MR) is 43.3 cm³/mol. The molecule has 0 aliphatic carbocycles. The maximum absolute atomic E-state index is 2.99. The topological polar surface area (TPSA) is 0 Å². The van der Waals surface area contributed by atoms with Crippen molar-refractivity contribution in [3.63, 3.8) is 0 Å². The van der Waals surface area contributed by atoms with Crippen molar-refractivity contribution in [1.29, 1.82) is 0 Å². The molecule has 1 aromatic rings. The maximum Gasteiger partial charge on any atom is 0.160 e. The summed E-state index contributed by atoms with van der Waals surface area (Å²) in [5.74, 6) is 5.88. The number of hydrogen-bond acceptors (Lipinski definition) is 0. The van der Waals surface area contributed by atoms with Crippen LogP contribution in [0.5, 0.6) is 0 Å². The first-order valence-corrected chi connectivity index (χ1v) is 3.28. The molecule has 0 nitrogen and oxygen atoms in total. The van der Waals surface area contributed by atoms with Gasteiger partial charge in [-0.1, -0.05) is 18.2 Å². The molecule has 0 aromatic heterocycles. The monoisotopic (exact) mass is 129 g/mol. The molecule has 1 aromatic carbocycles. The van der Waals surface area contributed by atoms with E-state index in [4.69, 9.17) is 0 Å². The van der Waals surface area contributed by atoms with E-state index < -0.39 is 0 Å². The Balaban J connectivity index is 2.76. The van der Waals surface area contributed by atoms with Gasteiger partial charge in [0.05, 0.1) is 6.42 Å². The van der Waals surface area contributed by atoms with Crippen LogP contribution in [0.2, 0.25) is 0 Å². The molecule has 0 unspecified atom stereocenters. The van der Waals surface area contributed by atoms with Gasteiger partial charge in [-0.15, -0.1) is 0 Å². The normalized spacial score (nSPS) is 7.70. The first-order chi connectivity index (χ1) is 4.93. The van der Waals surface area contributed by atoms with Crippen LogP contribution in [0.1, 0.15) is 12.5 Å². The minimum atomic E-state index is 1.07. The van der Waals surface area contributed by atoms with Crippen LogP contribution < -0.4 is 0 Å². The zero-order valence-corrected chi connectivity index (χ0v) is 5.96. The molecule has 0 saturated heterocycles. The van der Waals surface area contributed by atoms with Crippen molar-refractivity contribution in [3.8, 4) is 11.8 Å². The van der Waals surface area contributed by atoms with Gasteiger partial charge in [0.1, 0.15) is 11.5 Å². The summed E-state index contributed by atoms with van der Waals surface area (Å²) in [5.41, 5.74) is 1.07. The quantitative estimate of drug-likeness (QED) is 0.372. The number of benzene rings is 1. The van der Waals surface area contributed by atoms with Crippen molar-refractivity contribution < 1.29 is 0 Å². The van der Waals surface area contributed by atoms with E-state index in [1.165, 1.54) is 0 Å². The molecule has 48 valence electrons. The minimum absolute atomic E-state index is 1.07. The summed E-state index contributed by atoms with van der Waals surface area (Å²) in [6, 6.07) is 9.95. The Bertz CT molecular complexity index is 236. The number of hydrogen-bond donors (Lipinski definition) is 0. The van der Waals surface area contributed by atoms with Gasteiger partial charge in [-0.25, -0.2) is 0 Å². The zero-order chi connectivity index (χ0) is 7.23. The molecule has 0 radical (unpaired) electrons. The van der Waals surface area contributed by atoms with E-state index in [1.54, 1.807) is 0 Å². The van der Waals surface area contributed by atoms with E-state index >= 15 is 0 Å². The van der Waals surface area contributed by atoms with E-state index in [0.29, 0.717) is 0 Å². The third-order valence-electron chi connectivity index (χ3n) is 1.13. The van der Waals surface area contributed by atoms with Gasteiger partial charge >= 0.3 is 0 Å². The highest BCUT2D eigenvalue weighted by atomic mass is 13.8. The molecule has 1 rings (SSSR count). The first kappa shape index (κ1) is 6.77. The Morgan fingerprint density at radius 2 is 1.90 bits per heavy atom. The summed E-state index contributed by atoms with van der Waals surface area (Å²) in [6.07, 6.45) is 1.84. The fourth-order valence-corrected chi connectivity index (χ4v) is 0.677. The second-order valence-corrected chi connectivity index (χ2v) is 1.92. The average Bonchev–Trinajstić information content (AvgIpc) is 2.03. The van der Waals surface area contributed by atoms with Crippen molar-refractivity contribution in [3.05, 3.63) is 42.3 Å². The van der Waals surface area contributed by atoms with Gasteiger partial charge in [0.25, 0.3) is 0 Å². The average molecular weight is 129 g/mol. The Labute approximate surface area is 61.9 Å². The fourth-order valence-electron chi connectivity index (χ4n) is 0.677. The Morgan fingerprint density at radius 3 is 2.50 bits per heavy atom. The van der Waals surface area contributed by atoms with Crippen molar-refractivity contribution in [1.82, 2.24) is 0 Å². The second kappa shape index (κ2) is 3.63. The molecule has 0 N–H and O–H groups in total. The highest BCUT2D eigenvalue weighted by molar-refractivity contribution is 5.34. The van der Waals surface area contributed by atoms with Gasteiger partial charge in [-0.2, -0.15) is 0 Å². The van der Waals surface area contributed by atoms with Crippen LogP contribution >= 0.6 is 0 Å². The predicted octanol–water partition coefficient (Wildman–Crippen LogP) is 2.26. The molecule has 0 aliphatic heterocycles. The summed E-state index contributed by atoms with van der Waals surface area (Å²) in [7, 11) is 0. The van der Waals surface area contributed by atoms with Crippen LogP contribution in [0, 0.1) is 18.3 Å². The maximum atomic E-state index is 2.99. The minimum Gasteiger partial charge on any atom is -0.0620 e. The lowest BCUT2D eigenvalue weighted by Gasteiger charge is -1.77. The van der Waals surface area contributed by atoms with Crippen LogP contribution in [-0.2, 0) is 0 Å². The van der Waals surface area contributed by atoms with Crippen molar-refractivity contribution in [2.75, 3.05) is 0 Å². The molecular formula is C10H9+. The summed E-state index contributed by atoms with van der Waals surface area (Å²) in [4.78, 5) is 0. The standard InChI is InChI=1S/C10H9/c1-2-3-7-10-8-5-4-6-9-10/h2,4-6,8-9H,1H3/q+1. The smallest absolute Gasteiger partial charge is 0.0620 e. The number of rotatable bonds is 0. The Morgan fingerprint density at radius 1 is 1.20 bits per heavy atom. The summed E-state index contributed by atoms with van der Waals surface area (Å²) in [5, 5.41) is 0. The summed E-state index contributed by atoms with van der Waals surface area (Å²) >= 11 is 0. The van der Waals surface area contributed by atoms with Crippen LogP contribution in [0.4, 0.5) is 0 Å². The lowest BCUT2D eigenvalue weighted by Crippen LogP contribution is -1.69. The highest BCUT2D eigenvalue weighted by Crippen LogP contribution is 1.94. The SMILES string of the molecule is C[CH+]C#Cc1ccccc1. The van der Waals surface area contributed by atoms with E-state index in [-0.39, 0.29) is 0 Å². The molecule has 0 heterocycles. The van der Waals surface area contributed by atoms with Crippen molar-refractivity contribution >= 4 is 0 Å². The lowest BCUT2D eigenvalue weighted by molar-refractivity contribution is 1.60. The summed E-state index contributed by atoms with van der Waals surface area (Å²) < 4.78 is 0. The van der Waals surface area contributed by atoms with E-state index in [1.807, 2.05) is 43.7 Å². The van der Waals surface area contributed by atoms with Crippen LogP contribution in [0.3, 0.4) is 0 Å². The second-order valence-electron chi connectivity index (χ2n) is 1.92. The van der Waals surface area contributed by atoms with Crippen LogP contribution in [0.15, 0.2) is 30.3 Å². The molecule has 0 aliphatic rings. The molecule has 0 bridgehead atoms. The van der Waals surface area contributed by atoms with Gasteiger partial charge in [0.2, 0.25) is 0 Å². The van der Waals surface area contributed by atoms with E-state index in [0.717, 1.165) is 5.56 Å². The molecule has 0 heteroatoms. The van der Waals surface area contributed by atoms with Gasteiger partial charge in [0.15, 0.2) is 5.92 Å². The molecule has 0 spiro atoms. The first-order valence-electron chi connectivity index (χ1n) is 3.28. The van der Waals surface area contributed by atoms with Crippen molar-refractivity contribution in [2.45, 2.75) is 6.92 Å². The highest BCUT2D eigenvalue weighted by Gasteiger charge is 1.87. The Hall–Kier alpha value is -1.35. The zero-order valence-electron chi connectivity index (χ0n) is 5.96. The third kappa shape index (κ3) is 1.87. The van der Waals surface area contributed by atoms with Crippen molar-refractivity contribution in [2.24, 2.45) is 0 Å². The van der Waals surface area contributed by atoms with Crippen LogP contribution in [-0.4, -0.2) is 0 Å². The molecule has 0 amide bonds. The lowest BCUT2D eigenvalue weighted by atomic mass is 10.2. The fraction of sp³-hybridized carbons (Fsp3) is 0.100. The molecule has 0 fully saturated rings. The molecule has 0 saturated carbocycles. The van der Waals surface area contributed by atoms with Gasteiger partial charge in [-0.3, -0.25) is 0 Å². The van der Waals surface area contributed by atoms with Gasteiger partial charge in [-0.05, 0) is 12.1 Å².